The number of amides is 1. The van der Waals surface area contributed by atoms with Gasteiger partial charge in [-0.1, -0.05) is 0 Å². The number of benzene rings is 1. The summed E-state index contributed by atoms with van der Waals surface area (Å²) in [5.41, 5.74) is 6.44. The number of anilines is 1. The summed E-state index contributed by atoms with van der Waals surface area (Å²) in [5.74, 6) is 0.135. The van der Waals surface area contributed by atoms with E-state index in [0.29, 0.717) is 23.6 Å². The van der Waals surface area contributed by atoms with Gasteiger partial charge in [-0.25, -0.2) is 0 Å². The number of carbonyl (C=O) groups excluding carboxylic acids is 1. The predicted molar refractivity (Wildman–Crippen MR) is 74.3 cm³/mol. The van der Waals surface area contributed by atoms with Gasteiger partial charge in [0.2, 0.25) is 0 Å². The second kappa shape index (κ2) is 7.75. The van der Waals surface area contributed by atoms with Gasteiger partial charge in [0.05, 0.1) is 12.3 Å². The smallest absolute Gasteiger partial charge is 0.389 e. The van der Waals surface area contributed by atoms with Gasteiger partial charge in [0.25, 0.3) is 5.91 Å². The minimum absolute atomic E-state index is 0.00477. The number of nitrogen functional groups attached to an aromatic ring is 1. The Morgan fingerprint density at radius 1 is 1.33 bits per heavy atom. The topological polar surface area (TPSA) is 64.3 Å². The van der Waals surface area contributed by atoms with Crippen LogP contribution in [0.4, 0.5) is 18.9 Å². The third kappa shape index (κ3) is 6.37. The molecule has 3 N–H and O–H groups in total. The number of halogens is 3. The van der Waals surface area contributed by atoms with Crippen molar-refractivity contribution in [2.24, 2.45) is 0 Å². The largest absolute Gasteiger partial charge is 0.492 e. The number of nitrogens with two attached hydrogens (primary N) is 1. The molecule has 0 saturated carbocycles. The van der Waals surface area contributed by atoms with Crippen molar-refractivity contribution in [3.63, 3.8) is 0 Å². The summed E-state index contributed by atoms with van der Waals surface area (Å²) in [6, 6.07) is 4.64. The molecule has 1 rings (SSSR count). The van der Waals surface area contributed by atoms with E-state index in [1.807, 2.05) is 6.92 Å². The molecule has 0 aliphatic carbocycles. The molecule has 0 aliphatic rings. The third-order valence-electron chi connectivity index (χ3n) is 2.74. The third-order valence-corrected chi connectivity index (χ3v) is 2.74. The first-order valence-corrected chi connectivity index (χ1v) is 6.70. The number of ether oxygens (including phenoxy) is 1. The Labute approximate surface area is 121 Å². The van der Waals surface area contributed by atoms with Crippen molar-refractivity contribution in [3.8, 4) is 5.75 Å². The van der Waals surface area contributed by atoms with Crippen LogP contribution >= 0.6 is 0 Å². The van der Waals surface area contributed by atoms with Crippen LogP contribution in [-0.4, -0.2) is 25.2 Å². The maximum atomic E-state index is 11.9. The highest BCUT2D eigenvalue weighted by atomic mass is 19.4. The van der Waals surface area contributed by atoms with Crippen molar-refractivity contribution in [3.05, 3.63) is 23.8 Å². The second-order valence-electron chi connectivity index (χ2n) is 4.51. The Bertz CT molecular complexity index is 476. The average molecular weight is 304 g/mol. The summed E-state index contributed by atoms with van der Waals surface area (Å²) in [7, 11) is 0. The maximum absolute atomic E-state index is 11.9. The Kier molecular flexibility index (Phi) is 6.33. The molecule has 0 aromatic heterocycles. The van der Waals surface area contributed by atoms with E-state index in [-0.39, 0.29) is 25.3 Å². The highest BCUT2D eigenvalue weighted by Crippen LogP contribution is 2.23. The summed E-state index contributed by atoms with van der Waals surface area (Å²) in [6.07, 6.45) is -4.71. The van der Waals surface area contributed by atoms with E-state index < -0.39 is 12.6 Å². The number of carbonyl (C=O) groups is 1. The van der Waals surface area contributed by atoms with E-state index in [9.17, 15) is 18.0 Å². The Balaban J connectivity index is 2.40. The van der Waals surface area contributed by atoms with Crippen LogP contribution in [0, 0.1) is 0 Å². The molecule has 0 aliphatic heterocycles. The minimum atomic E-state index is -4.15. The average Bonchev–Trinajstić information content (AvgIpc) is 2.39. The van der Waals surface area contributed by atoms with Crippen LogP contribution in [0.25, 0.3) is 0 Å². The zero-order chi connectivity index (χ0) is 15.9. The molecule has 1 aromatic carbocycles. The van der Waals surface area contributed by atoms with Crippen molar-refractivity contribution >= 4 is 11.6 Å². The van der Waals surface area contributed by atoms with Gasteiger partial charge in [0.15, 0.2) is 0 Å². The lowest BCUT2D eigenvalue weighted by Gasteiger charge is -2.10. The number of rotatable bonds is 7. The van der Waals surface area contributed by atoms with Crippen LogP contribution in [-0.2, 0) is 0 Å². The van der Waals surface area contributed by atoms with E-state index in [2.05, 4.69) is 5.32 Å². The molecule has 0 atom stereocenters. The van der Waals surface area contributed by atoms with Gasteiger partial charge in [0, 0.05) is 18.5 Å². The summed E-state index contributed by atoms with van der Waals surface area (Å²) in [4.78, 5) is 11.8. The fraction of sp³-hybridized carbons (Fsp3) is 0.500. The van der Waals surface area contributed by atoms with Crippen molar-refractivity contribution in [2.75, 3.05) is 18.9 Å². The quantitative estimate of drug-likeness (QED) is 0.601. The fourth-order valence-electron chi connectivity index (χ4n) is 1.73. The standard InChI is InChI=1S/C14H19F3N2O2/c1-2-21-12-6-5-10(9-11(12)18)13(20)19-8-4-3-7-14(15,16)17/h5-6,9H,2-4,7-8,18H2,1H3,(H,19,20). The number of alkyl halides is 3. The van der Waals surface area contributed by atoms with Crippen molar-refractivity contribution in [1.29, 1.82) is 0 Å². The van der Waals surface area contributed by atoms with Crippen molar-refractivity contribution in [2.45, 2.75) is 32.4 Å². The highest BCUT2D eigenvalue weighted by Gasteiger charge is 2.25. The Morgan fingerprint density at radius 2 is 2.05 bits per heavy atom. The summed E-state index contributed by atoms with van der Waals surface area (Å²) in [5, 5.41) is 2.56. The summed E-state index contributed by atoms with van der Waals surface area (Å²) < 4.78 is 41.1. The molecule has 0 radical (unpaired) electrons. The van der Waals surface area contributed by atoms with E-state index >= 15 is 0 Å². The van der Waals surface area contributed by atoms with Gasteiger partial charge in [-0.3, -0.25) is 4.79 Å². The lowest BCUT2D eigenvalue weighted by molar-refractivity contribution is -0.135. The minimum Gasteiger partial charge on any atom is -0.492 e. The van der Waals surface area contributed by atoms with Crippen LogP contribution in [0.5, 0.6) is 5.75 Å². The van der Waals surface area contributed by atoms with E-state index in [0.717, 1.165) is 0 Å². The normalized spacial score (nSPS) is 11.2. The molecule has 7 heteroatoms. The molecular weight excluding hydrogens is 285 g/mol. The predicted octanol–water partition coefficient (Wildman–Crippen LogP) is 3.13. The molecule has 0 unspecified atom stereocenters. The molecule has 0 saturated heterocycles. The lowest BCUT2D eigenvalue weighted by atomic mass is 10.1. The Morgan fingerprint density at radius 3 is 2.62 bits per heavy atom. The molecule has 1 amide bonds. The van der Waals surface area contributed by atoms with Gasteiger partial charge in [-0.15, -0.1) is 0 Å². The van der Waals surface area contributed by atoms with Crippen LogP contribution in [0.3, 0.4) is 0 Å². The number of hydrogen-bond acceptors (Lipinski definition) is 3. The van der Waals surface area contributed by atoms with Gasteiger partial charge in [-0.05, 0) is 38.0 Å². The monoisotopic (exact) mass is 304 g/mol. The van der Waals surface area contributed by atoms with E-state index in [1.54, 1.807) is 12.1 Å². The van der Waals surface area contributed by atoms with Crippen LogP contribution in [0.15, 0.2) is 18.2 Å². The summed E-state index contributed by atoms with van der Waals surface area (Å²) in [6.45, 7) is 2.48. The molecule has 0 bridgehead atoms. The molecule has 118 valence electrons. The molecule has 0 fully saturated rings. The zero-order valence-electron chi connectivity index (χ0n) is 11.8. The molecule has 1 aromatic rings. The van der Waals surface area contributed by atoms with Crippen LogP contribution < -0.4 is 15.8 Å². The molecule has 4 nitrogen and oxygen atoms in total. The molecular formula is C14H19F3N2O2. The Hall–Kier alpha value is -1.92. The first-order chi connectivity index (χ1) is 9.83. The first-order valence-electron chi connectivity index (χ1n) is 6.70. The SMILES string of the molecule is CCOc1ccc(C(=O)NCCCCC(F)(F)F)cc1N. The fourth-order valence-corrected chi connectivity index (χ4v) is 1.73. The second-order valence-corrected chi connectivity index (χ2v) is 4.51. The highest BCUT2D eigenvalue weighted by molar-refractivity contribution is 5.95. The van der Waals surface area contributed by atoms with Gasteiger partial charge in [0.1, 0.15) is 5.75 Å². The molecule has 21 heavy (non-hydrogen) atoms. The van der Waals surface area contributed by atoms with Crippen molar-refractivity contribution in [1.82, 2.24) is 5.32 Å². The number of nitrogens with one attached hydrogen (secondary N) is 1. The lowest BCUT2D eigenvalue weighted by Crippen LogP contribution is -2.24. The summed E-state index contributed by atoms with van der Waals surface area (Å²) >= 11 is 0. The maximum Gasteiger partial charge on any atom is 0.389 e. The van der Waals surface area contributed by atoms with E-state index in [4.69, 9.17) is 10.5 Å². The molecule has 0 heterocycles. The zero-order valence-corrected chi connectivity index (χ0v) is 11.8. The molecule has 0 spiro atoms. The van der Waals surface area contributed by atoms with E-state index in [1.165, 1.54) is 6.07 Å². The number of hydrogen-bond donors (Lipinski definition) is 2. The van der Waals surface area contributed by atoms with Crippen molar-refractivity contribution < 1.29 is 22.7 Å². The van der Waals surface area contributed by atoms with Gasteiger partial charge < -0.3 is 15.8 Å². The van der Waals surface area contributed by atoms with Crippen LogP contribution in [0.2, 0.25) is 0 Å². The van der Waals surface area contributed by atoms with Gasteiger partial charge in [-0.2, -0.15) is 13.2 Å². The van der Waals surface area contributed by atoms with Gasteiger partial charge >= 0.3 is 6.18 Å². The van der Waals surface area contributed by atoms with Crippen LogP contribution in [0.1, 0.15) is 36.5 Å². The first kappa shape index (κ1) is 17.1. The number of unbranched alkanes of at least 4 members (excludes halogenated alkanes) is 1.